The Morgan fingerprint density at radius 2 is 1.71 bits per heavy atom. The highest BCUT2D eigenvalue weighted by Crippen LogP contribution is 2.30. The lowest BCUT2D eigenvalue weighted by Crippen LogP contribution is -2.30. The Kier molecular flexibility index (Phi) is 7.68. The lowest BCUT2D eigenvalue weighted by Gasteiger charge is -2.27. The van der Waals surface area contributed by atoms with Crippen LogP contribution in [0.4, 0.5) is 17.1 Å². The molecule has 0 aliphatic carbocycles. The SMILES string of the molecule is CCN(c1ccc(C(=O)Nc2cc(S(=O)(=O)Nc3ccccc3OC)ccc2O)cc1)C(C)C. The Morgan fingerprint density at radius 3 is 2.32 bits per heavy atom. The van der Waals surface area contributed by atoms with Crippen LogP contribution in [0.15, 0.2) is 71.6 Å². The quantitative estimate of drug-likeness (QED) is 0.381. The van der Waals surface area contributed by atoms with Crippen molar-refractivity contribution in [1.82, 2.24) is 0 Å². The minimum atomic E-state index is -4.01. The second kappa shape index (κ2) is 10.5. The summed E-state index contributed by atoms with van der Waals surface area (Å²) < 4.78 is 33.5. The topological polar surface area (TPSA) is 108 Å². The Balaban J connectivity index is 1.81. The van der Waals surface area contributed by atoms with Gasteiger partial charge in [-0.2, -0.15) is 0 Å². The van der Waals surface area contributed by atoms with Crippen LogP contribution in [0.1, 0.15) is 31.1 Å². The summed E-state index contributed by atoms with van der Waals surface area (Å²) >= 11 is 0. The third-order valence-electron chi connectivity index (χ3n) is 5.30. The minimum Gasteiger partial charge on any atom is -0.506 e. The van der Waals surface area contributed by atoms with E-state index in [-0.39, 0.29) is 22.0 Å². The average Bonchev–Trinajstić information content (AvgIpc) is 2.81. The molecule has 3 rings (SSSR count). The summed E-state index contributed by atoms with van der Waals surface area (Å²) in [6.45, 7) is 7.09. The number of benzene rings is 3. The summed E-state index contributed by atoms with van der Waals surface area (Å²) in [5, 5.41) is 12.8. The van der Waals surface area contributed by atoms with Crippen molar-refractivity contribution < 1.29 is 23.1 Å². The molecule has 0 saturated carbocycles. The summed E-state index contributed by atoms with van der Waals surface area (Å²) in [5.74, 6) is -0.360. The van der Waals surface area contributed by atoms with Gasteiger partial charge in [0.1, 0.15) is 11.5 Å². The Bertz CT molecular complexity index is 1260. The Hall–Kier alpha value is -3.72. The smallest absolute Gasteiger partial charge is 0.262 e. The van der Waals surface area contributed by atoms with E-state index in [0.29, 0.717) is 17.4 Å². The number of sulfonamides is 1. The maximum absolute atomic E-state index is 12.9. The zero-order valence-electron chi connectivity index (χ0n) is 19.6. The van der Waals surface area contributed by atoms with Crippen LogP contribution < -0.4 is 19.7 Å². The lowest BCUT2D eigenvalue weighted by atomic mass is 10.1. The largest absolute Gasteiger partial charge is 0.506 e. The third-order valence-corrected chi connectivity index (χ3v) is 6.67. The highest BCUT2D eigenvalue weighted by Gasteiger charge is 2.19. The van der Waals surface area contributed by atoms with Gasteiger partial charge in [-0.15, -0.1) is 0 Å². The molecular weight excluding hydrogens is 454 g/mol. The van der Waals surface area contributed by atoms with E-state index in [2.05, 4.69) is 35.7 Å². The zero-order valence-corrected chi connectivity index (χ0v) is 20.4. The number of para-hydroxylation sites is 2. The van der Waals surface area contributed by atoms with Gasteiger partial charge in [0.05, 0.1) is 23.4 Å². The minimum absolute atomic E-state index is 0.0191. The predicted octanol–water partition coefficient (Wildman–Crippen LogP) is 4.69. The van der Waals surface area contributed by atoms with Crippen molar-refractivity contribution >= 4 is 33.0 Å². The van der Waals surface area contributed by atoms with Gasteiger partial charge in [0.2, 0.25) is 0 Å². The molecular formula is C25H29N3O5S. The van der Waals surface area contributed by atoms with Crippen molar-refractivity contribution in [2.45, 2.75) is 31.7 Å². The van der Waals surface area contributed by atoms with Crippen molar-refractivity contribution in [3.05, 3.63) is 72.3 Å². The van der Waals surface area contributed by atoms with E-state index in [1.54, 1.807) is 36.4 Å². The zero-order chi connectivity index (χ0) is 24.9. The summed E-state index contributed by atoms with van der Waals surface area (Å²) in [6, 6.07) is 17.7. The fraction of sp³-hybridized carbons (Fsp3) is 0.240. The fourth-order valence-corrected chi connectivity index (χ4v) is 4.66. The third kappa shape index (κ3) is 5.60. The number of nitrogens with one attached hydrogen (secondary N) is 2. The number of carbonyl (C=O) groups excluding carboxylic acids is 1. The van der Waals surface area contributed by atoms with Crippen molar-refractivity contribution in [1.29, 1.82) is 0 Å². The first-order chi connectivity index (χ1) is 16.2. The summed E-state index contributed by atoms with van der Waals surface area (Å²) in [7, 11) is -2.57. The lowest BCUT2D eigenvalue weighted by molar-refractivity contribution is 0.102. The maximum Gasteiger partial charge on any atom is 0.262 e. The van der Waals surface area contributed by atoms with E-state index in [4.69, 9.17) is 4.74 Å². The average molecular weight is 484 g/mol. The van der Waals surface area contributed by atoms with Crippen molar-refractivity contribution in [2.75, 3.05) is 28.6 Å². The number of anilines is 3. The van der Waals surface area contributed by atoms with Crippen LogP contribution in [0.2, 0.25) is 0 Å². The highest BCUT2D eigenvalue weighted by atomic mass is 32.2. The number of hydrogen-bond donors (Lipinski definition) is 3. The van der Waals surface area contributed by atoms with Gasteiger partial charge < -0.3 is 20.1 Å². The molecule has 0 bridgehead atoms. The monoisotopic (exact) mass is 483 g/mol. The van der Waals surface area contributed by atoms with Gasteiger partial charge in [-0.25, -0.2) is 8.42 Å². The maximum atomic E-state index is 12.9. The van der Waals surface area contributed by atoms with Crippen LogP contribution >= 0.6 is 0 Å². The van der Waals surface area contributed by atoms with Gasteiger partial charge in [-0.3, -0.25) is 9.52 Å². The van der Waals surface area contributed by atoms with E-state index in [9.17, 15) is 18.3 Å². The van der Waals surface area contributed by atoms with Crippen molar-refractivity contribution in [3.63, 3.8) is 0 Å². The number of rotatable bonds is 9. The van der Waals surface area contributed by atoms with E-state index in [1.165, 1.54) is 25.3 Å². The van der Waals surface area contributed by atoms with Gasteiger partial charge in [-0.05, 0) is 75.4 Å². The number of hydrogen-bond acceptors (Lipinski definition) is 6. The molecule has 0 radical (unpaired) electrons. The van der Waals surface area contributed by atoms with Gasteiger partial charge in [0.25, 0.3) is 15.9 Å². The molecule has 0 heterocycles. The van der Waals surface area contributed by atoms with Crippen molar-refractivity contribution in [2.24, 2.45) is 0 Å². The van der Waals surface area contributed by atoms with Crippen LogP contribution in [0.5, 0.6) is 11.5 Å². The van der Waals surface area contributed by atoms with Crippen LogP contribution in [-0.4, -0.2) is 39.1 Å². The molecule has 1 amide bonds. The van der Waals surface area contributed by atoms with Crippen LogP contribution in [0.3, 0.4) is 0 Å². The molecule has 9 heteroatoms. The molecule has 3 aromatic rings. The number of phenols is 1. The summed E-state index contributed by atoms with van der Waals surface area (Å²) in [4.78, 5) is 14.8. The molecule has 0 aromatic heterocycles. The molecule has 0 aliphatic rings. The standard InChI is InChI=1S/C25H29N3O5S/c1-5-28(17(2)3)19-12-10-18(11-13-19)25(30)26-22-16-20(14-15-23(22)29)34(31,32)27-21-8-6-7-9-24(21)33-4/h6-17,27,29H,5H2,1-4H3,(H,26,30). The molecule has 0 atom stereocenters. The normalized spacial score (nSPS) is 11.2. The predicted molar refractivity (Wildman–Crippen MR) is 134 cm³/mol. The molecule has 0 saturated heterocycles. The first-order valence-electron chi connectivity index (χ1n) is 10.8. The number of methoxy groups -OCH3 is 1. The molecule has 3 aromatic carbocycles. The first kappa shape index (κ1) is 24.9. The molecule has 0 aliphatic heterocycles. The molecule has 0 spiro atoms. The van der Waals surface area contributed by atoms with Crippen molar-refractivity contribution in [3.8, 4) is 11.5 Å². The van der Waals surface area contributed by atoms with E-state index < -0.39 is 15.9 Å². The molecule has 0 unspecified atom stereocenters. The number of amides is 1. The number of aromatic hydroxyl groups is 1. The van der Waals surface area contributed by atoms with E-state index in [1.807, 2.05) is 12.1 Å². The molecule has 8 nitrogen and oxygen atoms in total. The Morgan fingerprint density at radius 1 is 1.03 bits per heavy atom. The molecule has 34 heavy (non-hydrogen) atoms. The molecule has 180 valence electrons. The summed E-state index contributed by atoms with van der Waals surface area (Å²) in [6.07, 6.45) is 0. The van der Waals surface area contributed by atoms with Gasteiger partial charge in [0.15, 0.2) is 0 Å². The fourth-order valence-electron chi connectivity index (χ4n) is 3.56. The second-order valence-corrected chi connectivity index (χ2v) is 9.55. The number of ether oxygens (including phenoxy) is 1. The number of carbonyl (C=O) groups is 1. The first-order valence-corrected chi connectivity index (χ1v) is 12.3. The van der Waals surface area contributed by atoms with Crippen LogP contribution in [0, 0.1) is 0 Å². The van der Waals surface area contributed by atoms with E-state index >= 15 is 0 Å². The highest BCUT2D eigenvalue weighted by molar-refractivity contribution is 7.92. The van der Waals surface area contributed by atoms with E-state index in [0.717, 1.165) is 12.2 Å². The van der Waals surface area contributed by atoms with Crippen LogP contribution in [-0.2, 0) is 10.0 Å². The Labute approximate surface area is 200 Å². The van der Waals surface area contributed by atoms with Gasteiger partial charge in [-0.1, -0.05) is 12.1 Å². The molecule has 0 fully saturated rings. The molecule has 3 N–H and O–H groups in total. The van der Waals surface area contributed by atoms with Gasteiger partial charge >= 0.3 is 0 Å². The number of phenolic OH excluding ortho intramolecular Hbond substituents is 1. The summed E-state index contributed by atoms with van der Waals surface area (Å²) in [5.41, 5.74) is 1.62. The second-order valence-electron chi connectivity index (χ2n) is 7.87. The van der Waals surface area contributed by atoms with Gasteiger partial charge in [0, 0.05) is 23.8 Å². The van der Waals surface area contributed by atoms with Crippen LogP contribution in [0.25, 0.3) is 0 Å². The number of nitrogens with zero attached hydrogens (tertiary/aromatic N) is 1.